The Balaban J connectivity index is 1.58. The van der Waals surface area contributed by atoms with E-state index in [0.717, 1.165) is 51.4 Å². The fourth-order valence-corrected chi connectivity index (χ4v) is 8.78. The molecule has 4 aliphatic rings. The summed E-state index contributed by atoms with van der Waals surface area (Å²) in [6, 6.07) is 0. The molecule has 0 aromatic heterocycles. The first kappa shape index (κ1) is 22.5. The third kappa shape index (κ3) is 3.34. The van der Waals surface area contributed by atoms with Gasteiger partial charge in [0.15, 0.2) is 0 Å². The van der Waals surface area contributed by atoms with Gasteiger partial charge in [0.2, 0.25) is 0 Å². The van der Waals surface area contributed by atoms with Gasteiger partial charge < -0.3 is 20.1 Å². The lowest BCUT2D eigenvalue weighted by molar-refractivity contribution is -0.207. The van der Waals surface area contributed by atoms with Crippen LogP contribution in [0.4, 0.5) is 0 Å². The van der Waals surface area contributed by atoms with Gasteiger partial charge in [0.05, 0.1) is 25.4 Å². The topological polar surface area (TPSA) is 87.0 Å². The molecule has 4 aliphatic carbocycles. The molecular weight excluding hydrogens is 380 g/mol. The highest BCUT2D eigenvalue weighted by molar-refractivity contribution is 5.69. The van der Waals surface area contributed by atoms with Crippen molar-refractivity contribution in [1.82, 2.24) is 0 Å². The molecular formula is C25H42O5. The van der Waals surface area contributed by atoms with Crippen LogP contribution in [-0.4, -0.2) is 46.7 Å². The largest absolute Gasteiger partial charge is 0.469 e. The van der Waals surface area contributed by atoms with Gasteiger partial charge in [-0.2, -0.15) is 0 Å². The van der Waals surface area contributed by atoms with E-state index >= 15 is 0 Å². The molecule has 0 heterocycles. The summed E-state index contributed by atoms with van der Waals surface area (Å²) in [6.45, 7) is 6.85. The molecule has 0 aliphatic heterocycles. The average molecular weight is 423 g/mol. The molecule has 5 nitrogen and oxygen atoms in total. The summed E-state index contributed by atoms with van der Waals surface area (Å²) in [7, 11) is 1.44. The number of hydrogen-bond donors (Lipinski definition) is 3. The van der Waals surface area contributed by atoms with E-state index in [0.29, 0.717) is 36.0 Å². The Morgan fingerprint density at radius 1 is 1.07 bits per heavy atom. The van der Waals surface area contributed by atoms with Gasteiger partial charge in [0, 0.05) is 6.42 Å². The molecule has 3 N–H and O–H groups in total. The van der Waals surface area contributed by atoms with Crippen LogP contribution in [0, 0.1) is 46.3 Å². The van der Waals surface area contributed by atoms with Gasteiger partial charge in [-0.25, -0.2) is 0 Å². The fraction of sp³-hybridized carbons (Fsp3) is 0.960. The van der Waals surface area contributed by atoms with Crippen LogP contribution >= 0.6 is 0 Å². The van der Waals surface area contributed by atoms with Crippen LogP contribution in [0.3, 0.4) is 0 Å². The van der Waals surface area contributed by atoms with Crippen molar-refractivity contribution in [2.45, 2.75) is 96.9 Å². The molecule has 0 unspecified atom stereocenters. The Kier molecular flexibility index (Phi) is 6.04. The van der Waals surface area contributed by atoms with Gasteiger partial charge in [-0.1, -0.05) is 20.8 Å². The minimum atomic E-state index is -0.369. The number of carbonyl (C=O) groups excluding carboxylic acids is 1. The maximum atomic E-state index is 11.7. The van der Waals surface area contributed by atoms with Crippen LogP contribution in [0.5, 0.6) is 0 Å². The molecule has 0 radical (unpaired) electrons. The summed E-state index contributed by atoms with van der Waals surface area (Å²) in [4.78, 5) is 11.7. The maximum absolute atomic E-state index is 11.7. The number of methoxy groups -OCH3 is 1. The van der Waals surface area contributed by atoms with Crippen LogP contribution in [0.25, 0.3) is 0 Å². The highest BCUT2D eigenvalue weighted by Crippen LogP contribution is 2.68. The molecule has 0 aromatic rings. The monoisotopic (exact) mass is 422 g/mol. The zero-order chi connectivity index (χ0) is 21.8. The summed E-state index contributed by atoms with van der Waals surface area (Å²) < 4.78 is 4.83. The number of hydrogen-bond acceptors (Lipinski definition) is 5. The van der Waals surface area contributed by atoms with Crippen molar-refractivity contribution in [2.24, 2.45) is 46.3 Å². The number of ether oxygens (including phenoxy) is 1. The molecule has 0 bridgehead atoms. The molecule has 11 atom stereocenters. The number of aliphatic hydroxyl groups excluding tert-OH is 3. The highest BCUT2D eigenvalue weighted by atomic mass is 16.5. The van der Waals surface area contributed by atoms with E-state index < -0.39 is 0 Å². The van der Waals surface area contributed by atoms with E-state index in [4.69, 9.17) is 4.74 Å². The summed E-state index contributed by atoms with van der Waals surface area (Å²) in [6.07, 6.45) is 6.60. The van der Waals surface area contributed by atoms with Crippen LogP contribution in [0.15, 0.2) is 0 Å². The SMILES string of the molecule is COC(=O)CC[C@@H](C)[C@H]1CC[C@@H]2[C@H]3[C@H](O)C[C@@H]4C[C@H](O)CC[C@]4(C)[C@@H]3C[C@H](O)[C@@]21C. The van der Waals surface area contributed by atoms with Gasteiger partial charge in [0.1, 0.15) is 0 Å². The first-order valence-corrected chi connectivity index (χ1v) is 12.2. The van der Waals surface area contributed by atoms with Gasteiger partial charge in [0.25, 0.3) is 0 Å². The lowest BCUT2D eigenvalue weighted by Crippen LogP contribution is -2.62. The molecule has 30 heavy (non-hydrogen) atoms. The van der Waals surface area contributed by atoms with E-state index in [1.54, 1.807) is 0 Å². The van der Waals surface area contributed by atoms with Crippen LogP contribution in [0.1, 0.15) is 78.6 Å². The normalized spacial score (nSPS) is 51.4. The first-order chi connectivity index (χ1) is 14.1. The van der Waals surface area contributed by atoms with Gasteiger partial charge in [-0.05, 0) is 97.7 Å². The lowest BCUT2D eigenvalue weighted by atomic mass is 9.43. The van der Waals surface area contributed by atoms with Gasteiger partial charge in [-0.3, -0.25) is 4.79 Å². The van der Waals surface area contributed by atoms with Crippen molar-refractivity contribution < 1.29 is 24.9 Å². The van der Waals surface area contributed by atoms with E-state index in [1.165, 1.54) is 7.11 Å². The smallest absolute Gasteiger partial charge is 0.305 e. The summed E-state index contributed by atoms with van der Waals surface area (Å²) >= 11 is 0. The number of aliphatic hydroxyl groups is 3. The Hall–Kier alpha value is -0.650. The maximum Gasteiger partial charge on any atom is 0.305 e. The molecule has 0 aromatic carbocycles. The van der Waals surface area contributed by atoms with Gasteiger partial charge in [-0.15, -0.1) is 0 Å². The van der Waals surface area contributed by atoms with E-state index in [-0.39, 0.29) is 41.0 Å². The predicted octanol–water partition coefficient (Wildman–Crippen LogP) is 3.54. The second-order valence-electron chi connectivity index (χ2n) is 11.6. The molecule has 5 heteroatoms. The van der Waals surface area contributed by atoms with Crippen molar-refractivity contribution in [1.29, 1.82) is 0 Å². The van der Waals surface area contributed by atoms with Crippen molar-refractivity contribution in [3.63, 3.8) is 0 Å². The third-order valence-corrected chi connectivity index (χ3v) is 10.6. The van der Waals surface area contributed by atoms with Crippen molar-refractivity contribution >= 4 is 5.97 Å². The minimum absolute atomic E-state index is 0.111. The Morgan fingerprint density at radius 3 is 2.50 bits per heavy atom. The molecule has 0 amide bonds. The molecule has 0 saturated heterocycles. The number of esters is 1. The molecule has 0 spiro atoms. The second-order valence-corrected chi connectivity index (χ2v) is 11.6. The summed E-state index contributed by atoms with van der Waals surface area (Å²) in [5, 5.41) is 33.1. The zero-order valence-electron chi connectivity index (χ0n) is 19.2. The summed E-state index contributed by atoms with van der Waals surface area (Å²) in [5.41, 5.74) is -0.0882. The predicted molar refractivity (Wildman–Crippen MR) is 114 cm³/mol. The summed E-state index contributed by atoms with van der Waals surface area (Å²) in [5.74, 6) is 1.81. The van der Waals surface area contributed by atoms with Crippen LogP contribution in [0.2, 0.25) is 0 Å². The number of carbonyl (C=O) groups is 1. The Labute approximate surface area is 181 Å². The van der Waals surface area contributed by atoms with Crippen LogP contribution < -0.4 is 0 Å². The second kappa shape index (κ2) is 8.04. The quantitative estimate of drug-likeness (QED) is 0.603. The molecule has 172 valence electrons. The average Bonchev–Trinajstić information content (AvgIpc) is 3.06. The third-order valence-electron chi connectivity index (χ3n) is 10.6. The molecule has 4 fully saturated rings. The van der Waals surface area contributed by atoms with Crippen molar-refractivity contribution in [3.05, 3.63) is 0 Å². The zero-order valence-corrected chi connectivity index (χ0v) is 19.2. The first-order valence-electron chi connectivity index (χ1n) is 12.2. The standard InChI is InChI=1S/C25H42O5/c1-14(5-8-22(29)30-4)17-6-7-18-23-19(13-21(28)25(17,18)3)24(2)10-9-16(26)11-15(24)12-20(23)27/h14-21,23,26-28H,5-13H2,1-4H3/t14-,15+,16-,17-,18-,19-,20-,21+,23-,24+,25-/m1/s1. The van der Waals surface area contributed by atoms with E-state index in [1.807, 2.05) is 0 Å². The molecule has 4 rings (SSSR count). The van der Waals surface area contributed by atoms with Crippen molar-refractivity contribution in [3.8, 4) is 0 Å². The number of rotatable bonds is 4. The highest BCUT2D eigenvalue weighted by Gasteiger charge is 2.65. The van der Waals surface area contributed by atoms with Gasteiger partial charge >= 0.3 is 5.97 Å². The van der Waals surface area contributed by atoms with Crippen LogP contribution in [-0.2, 0) is 9.53 Å². The van der Waals surface area contributed by atoms with E-state index in [9.17, 15) is 20.1 Å². The van der Waals surface area contributed by atoms with Crippen molar-refractivity contribution in [2.75, 3.05) is 7.11 Å². The van der Waals surface area contributed by atoms with E-state index in [2.05, 4.69) is 20.8 Å². The Bertz CT molecular complexity index is 651. The number of fused-ring (bicyclic) bond motifs is 5. The molecule has 4 saturated carbocycles. The fourth-order valence-electron chi connectivity index (χ4n) is 8.78. The minimum Gasteiger partial charge on any atom is -0.469 e. The Morgan fingerprint density at radius 2 is 1.80 bits per heavy atom. The lowest BCUT2D eigenvalue weighted by Gasteiger charge is -2.63.